The molecule has 0 bridgehead atoms. The Balaban J connectivity index is 1.68. The molecule has 1 aromatic rings. The first kappa shape index (κ1) is 13.7. The lowest BCUT2D eigenvalue weighted by molar-refractivity contribution is 0.0384. The lowest BCUT2D eigenvalue weighted by Gasteiger charge is -2.26. The van der Waals surface area contributed by atoms with E-state index in [1.54, 1.807) is 12.1 Å². The van der Waals surface area contributed by atoms with Crippen LogP contribution in [0.1, 0.15) is 5.56 Å². The number of nitrogens with one attached hydrogen (secondary N) is 1. The summed E-state index contributed by atoms with van der Waals surface area (Å²) < 4.78 is 18.8. The van der Waals surface area contributed by atoms with E-state index < -0.39 is 0 Å². The molecule has 5 heteroatoms. The molecule has 0 amide bonds. The molecule has 1 N–H and O–H groups in total. The van der Waals surface area contributed by atoms with Crippen molar-refractivity contribution in [3.05, 3.63) is 34.6 Å². The van der Waals surface area contributed by atoms with Gasteiger partial charge in [-0.1, -0.05) is 17.7 Å². The summed E-state index contributed by atoms with van der Waals surface area (Å²) in [5, 5.41) is 3.68. The van der Waals surface area contributed by atoms with Crippen molar-refractivity contribution in [1.82, 2.24) is 10.2 Å². The molecule has 1 aromatic carbocycles. The first-order valence-corrected chi connectivity index (χ1v) is 6.58. The number of ether oxygens (including phenoxy) is 1. The van der Waals surface area contributed by atoms with E-state index in [1.807, 2.05) is 0 Å². The molecule has 1 fully saturated rings. The summed E-state index contributed by atoms with van der Waals surface area (Å²) in [5.74, 6) is -0.249. The van der Waals surface area contributed by atoms with E-state index in [-0.39, 0.29) is 5.82 Å². The highest BCUT2D eigenvalue weighted by molar-refractivity contribution is 6.30. The molecule has 1 aliphatic rings. The van der Waals surface area contributed by atoms with Crippen LogP contribution in [-0.4, -0.2) is 44.3 Å². The number of nitrogens with zero attached hydrogens (tertiary/aromatic N) is 1. The summed E-state index contributed by atoms with van der Waals surface area (Å²) in [6, 6.07) is 4.78. The van der Waals surface area contributed by atoms with E-state index >= 15 is 0 Å². The molecule has 2 rings (SSSR count). The van der Waals surface area contributed by atoms with Crippen molar-refractivity contribution in [1.29, 1.82) is 0 Å². The third kappa shape index (κ3) is 4.21. The summed E-state index contributed by atoms with van der Waals surface area (Å²) in [4.78, 5) is 2.34. The Morgan fingerprint density at radius 2 is 2.11 bits per heavy atom. The Morgan fingerprint density at radius 1 is 1.33 bits per heavy atom. The van der Waals surface area contributed by atoms with Crippen LogP contribution >= 0.6 is 11.6 Å². The lowest BCUT2D eigenvalue weighted by Crippen LogP contribution is -2.40. The molecule has 1 saturated heterocycles. The van der Waals surface area contributed by atoms with Gasteiger partial charge in [-0.25, -0.2) is 4.39 Å². The van der Waals surface area contributed by atoms with Crippen LogP contribution in [0.2, 0.25) is 5.02 Å². The van der Waals surface area contributed by atoms with Gasteiger partial charge in [0.05, 0.1) is 13.2 Å². The summed E-state index contributed by atoms with van der Waals surface area (Å²) in [5.41, 5.74) is 0.654. The Bertz CT molecular complexity index is 383. The fraction of sp³-hybridized carbons (Fsp3) is 0.538. The summed E-state index contributed by atoms with van der Waals surface area (Å²) in [6.07, 6.45) is 0. The molecule has 1 heterocycles. The molecule has 100 valence electrons. The van der Waals surface area contributed by atoms with Gasteiger partial charge in [-0.3, -0.25) is 4.90 Å². The van der Waals surface area contributed by atoms with E-state index in [1.165, 1.54) is 6.07 Å². The average Bonchev–Trinajstić information content (AvgIpc) is 2.38. The van der Waals surface area contributed by atoms with Crippen molar-refractivity contribution < 1.29 is 9.13 Å². The summed E-state index contributed by atoms with van der Waals surface area (Å²) in [6.45, 7) is 5.94. The third-order valence-corrected chi connectivity index (χ3v) is 3.27. The Labute approximate surface area is 112 Å². The molecular formula is C13H18ClFN2O. The molecule has 18 heavy (non-hydrogen) atoms. The van der Waals surface area contributed by atoms with E-state index in [2.05, 4.69) is 10.2 Å². The van der Waals surface area contributed by atoms with Crippen molar-refractivity contribution in [3.63, 3.8) is 0 Å². The standard InChI is InChI=1S/C13H18ClFN2O/c14-12-2-1-11(13(15)9-12)10-16-3-4-17-5-7-18-8-6-17/h1-2,9,16H,3-8,10H2. The second kappa shape index (κ2) is 7.04. The zero-order chi connectivity index (χ0) is 12.8. The zero-order valence-corrected chi connectivity index (χ0v) is 11.0. The minimum atomic E-state index is -0.249. The fourth-order valence-electron chi connectivity index (χ4n) is 1.95. The quantitative estimate of drug-likeness (QED) is 0.829. The van der Waals surface area contributed by atoms with Crippen LogP contribution in [0.15, 0.2) is 18.2 Å². The largest absolute Gasteiger partial charge is 0.379 e. The molecule has 0 aromatic heterocycles. The van der Waals surface area contributed by atoms with Crippen LogP contribution in [0.5, 0.6) is 0 Å². The van der Waals surface area contributed by atoms with Gasteiger partial charge in [-0.2, -0.15) is 0 Å². The smallest absolute Gasteiger partial charge is 0.129 e. The molecule has 0 spiro atoms. The van der Waals surface area contributed by atoms with E-state index in [9.17, 15) is 4.39 Å². The molecule has 3 nitrogen and oxygen atoms in total. The Hall–Kier alpha value is -0.680. The molecule has 1 aliphatic heterocycles. The molecule has 0 atom stereocenters. The van der Waals surface area contributed by atoms with E-state index in [0.29, 0.717) is 17.1 Å². The van der Waals surface area contributed by atoms with Gasteiger partial charge in [-0.05, 0) is 12.1 Å². The molecule has 0 radical (unpaired) electrons. The van der Waals surface area contributed by atoms with Gasteiger partial charge in [0.1, 0.15) is 5.82 Å². The van der Waals surface area contributed by atoms with Crippen LogP contribution in [0.3, 0.4) is 0 Å². The average molecular weight is 273 g/mol. The molecular weight excluding hydrogens is 255 g/mol. The van der Waals surface area contributed by atoms with E-state index in [0.717, 1.165) is 39.4 Å². The van der Waals surface area contributed by atoms with Crippen LogP contribution in [0, 0.1) is 5.82 Å². The predicted octanol–water partition coefficient (Wildman–Crippen LogP) is 1.90. The van der Waals surface area contributed by atoms with Gasteiger partial charge >= 0.3 is 0 Å². The highest BCUT2D eigenvalue weighted by atomic mass is 35.5. The van der Waals surface area contributed by atoms with Gasteiger partial charge in [0.15, 0.2) is 0 Å². The SMILES string of the molecule is Fc1cc(Cl)ccc1CNCCN1CCOCC1. The van der Waals surface area contributed by atoms with Gasteiger partial charge in [0.2, 0.25) is 0 Å². The Morgan fingerprint density at radius 3 is 2.83 bits per heavy atom. The van der Waals surface area contributed by atoms with Crippen LogP contribution in [-0.2, 0) is 11.3 Å². The first-order valence-electron chi connectivity index (χ1n) is 6.20. The highest BCUT2D eigenvalue weighted by Gasteiger charge is 2.09. The van der Waals surface area contributed by atoms with Crippen LogP contribution < -0.4 is 5.32 Å². The lowest BCUT2D eigenvalue weighted by atomic mass is 10.2. The Kier molecular flexibility index (Phi) is 5.38. The summed E-state index contributed by atoms with van der Waals surface area (Å²) in [7, 11) is 0. The zero-order valence-electron chi connectivity index (χ0n) is 10.3. The number of morpholine rings is 1. The van der Waals surface area contributed by atoms with Crippen molar-refractivity contribution in [2.24, 2.45) is 0 Å². The first-order chi connectivity index (χ1) is 8.75. The highest BCUT2D eigenvalue weighted by Crippen LogP contribution is 2.14. The van der Waals surface area contributed by atoms with Gasteiger partial charge < -0.3 is 10.1 Å². The number of hydrogen-bond donors (Lipinski definition) is 1. The number of halogens is 2. The number of hydrogen-bond acceptors (Lipinski definition) is 3. The van der Waals surface area contributed by atoms with Crippen LogP contribution in [0.25, 0.3) is 0 Å². The van der Waals surface area contributed by atoms with Gasteiger partial charge in [0.25, 0.3) is 0 Å². The van der Waals surface area contributed by atoms with Crippen molar-refractivity contribution >= 4 is 11.6 Å². The minimum absolute atomic E-state index is 0.249. The van der Waals surface area contributed by atoms with Crippen molar-refractivity contribution in [3.8, 4) is 0 Å². The van der Waals surface area contributed by atoms with Crippen molar-refractivity contribution in [2.45, 2.75) is 6.54 Å². The maximum atomic E-state index is 13.5. The fourth-order valence-corrected chi connectivity index (χ4v) is 2.11. The topological polar surface area (TPSA) is 24.5 Å². The normalized spacial score (nSPS) is 17.0. The minimum Gasteiger partial charge on any atom is -0.379 e. The molecule has 0 aliphatic carbocycles. The second-order valence-corrected chi connectivity index (χ2v) is 4.80. The maximum absolute atomic E-state index is 13.5. The van der Waals surface area contributed by atoms with Crippen LogP contribution in [0.4, 0.5) is 4.39 Å². The van der Waals surface area contributed by atoms with E-state index in [4.69, 9.17) is 16.3 Å². The maximum Gasteiger partial charge on any atom is 0.129 e. The van der Waals surface area contributed by atoms with Crippen molar-refractivity contribution in [2.75, 3.05) is 39.4 Å². The number of rotatable bonds is 5. The summed E-state index contributed by atoms with van der Waals surface area (Å²) >= 11 is 5.70. The number of benzene rings is 1. The van der Waals surface area contributed by atoms with Gasteiger partial charge in [-0.15, -0.1) is 0 Å². The van der Waals surface area contributed by atoms with Gasteiger partial charge in [0, 0.05) is 43.3 Å². The molecule has 0 saturated carbocycles. The molecule has 0 unspecified atom stereocenters. The predicted molar refractivity (Wildman–Crippen MR) is 70.4 cm³/mol. The third-order valence-electron chi connectivity index (χ3n) is 3.04. The monoisotopic (exact) mass is 272 g/mol. The second-order valence-electron chi connectivity index (χ2n) is 4.37.